The number of aliphatic imine (C=N–C) groups is 1. The van der Waals surface area contributed by atoms with Gasteiger partial charge < -0.3 is 11.1 Å². The van der Waals surface area contributed by atoms with E-state index in [0.29, 0.717) is 44.4 Å². The van der Waals surface area contributed by atoms with Crippen LogP contribution in [0.3, 0.4) is 0 Å². The lowest BCUT2D eigenvalue weighted by Crippen LogP contribution is -2.42. The summed E-state index contributed by atoms with van der Waals surface area (Å²) in [6.45, 7) is 0.716. The molecular formula is C11H19IN4O2. The van der Waals surface area contributed by atoms with Crippen molar-refractivity contribution in [2.75, 3.05) is 13.1 Å². The summed E-state index contributed by atoms with van der Waals surface area (Å²) in [5.74, 6) is 0.222. The van der Waals surface area contributed by atoms with Crippen molar-refractivity contribution in [2.45, 2.75) is 38.1 Å². The van der Waals surface area contributed by atoms with Gasteiger partial charge in [-0.05, 0) is 19.3 Å². The van der Waals surface area contributed by atoms with Crippen LogP contribution in [0.1, 0.15) is 32.1 Å². The number of piperidine rings is 1. The molecule has 18 heavy (non-hydrogen) atoms. The van der Waals surface area contributed by atoms with Crippen LogP contribution < -0.4 is 11.1 Å². The quantitative estimate of drug-likeness (QED) is 0.322. The van der Waals surface area contributed by atoms with E-state index in [4.69, 9.17) is 5.73 Å². The van der Waals surface area contributed by atoms with E-state index < -0.39 is 0 Å². The average Bonchev–Trinajstić information content (AvgIpc) is 3.06. The van der Waals surface area contributed by atoms with Gasteiger partial charge in [-0.3, -0.25) is 19.5 Å². The van der Waals surface area contributed by atoms with Gasteiger partial charge in [-0.2, -0.15) is 0 Å². The molecule has 2 fully saturated rings. The van der Waals surface area contributed by atoms with Crippen LogP contribution >= 0.6 is 24.0 Å². The zero-order chi connectivity index (χ0) is 12.3. The lowest BCUT2D eigenvalue weighted by molar-refractivity contribution is -0.147. The van der Waals surface area contributed by atoms with Gasteiger partial charge in [0.15, 0.2) is 5.96 Å². The summed E-state index contributed by atoms with van der Waals surface area (Å²) in [6, 6.07) is 0.469. The highest BCUT2D eigenvalue weighted by Gasteiger charge is 2.25. The van der Waals surface area contributed by atoms with Crippen molar-refractivity contribution in [1.29, 1.82) is 0 Å². The first-order chi connectivity index (χ1) is 8.16. The molecule has 0 radical (unpaired) electrons. The highest BCUT2D eigenvalue weighted by Crippen LogP contribution is 2.18. The first-order valence-corrected chi connectivity index (χ1v) is 6.06. The number of nitrogens with two attached hydrogens (primary N) is 1. The second-order valence-corrected chi connectivity index (χ2v) is 4.48. The van der Waals surface area contributed by atoms with Crippen LogP contribution in [0.15, 0.2) is 4.99 Å². The molecule has 0 unspecified atom stereocenters. The molecule has 1 aliphatic carbocycles. The van der Waals surface area contributed by atoms with Crippen molar-refractivity contribution in [1.82, 2.24) is 10.2 Å². The molecule has 7 heteroatoms. The van der Waals surface area contributed by atoms with Crippen molar-refractivity contribution in [3.05, 3.63) is 0 Å². The SMILES string of the molecule is I.NC(=NCCN1C(=O)CCCC1=O)NC1CC1. The van der Waals surface area contributed by atoms with Gasteiger partial charge in [0.25, 0.3) is 0 Å². The number of imide groups is 1. The average molecular weight is 366 g/mol. The maximum Gasteiger partial charge on any atom is 0.229 e. The van der Waals surface area contributed by atoms with Gasteiger partial charge in [-0.25, -0.2) is 0 Å². The number of guanidine groups is 1. The molecule has 1 saturated heterocycles. The number of nitrogens with zero attached hydrogens (tertiary/aromatic N) is 2. The summed E-state index contributed by atoms with van der Waals surface area (Å²) < 4.78 is 0. The Hall–Kier alpha value is -0.860. The smallest absolute Gasteiger partial charge is 0.229 e. The monoisotopic (exact) mass is 366 g/mol. The predicted molar refractivity (Wildman–Crippen MR) is 78.6 cm³/mol. The molecule has 1 saturated carbocycles. The van der Waals surface area contributed by atoms with Gasteiger partial charge in [0.1, 0.15) is 0 Å². The summed E-state index contributed by atoms with van der Waals surface area (Å²) in [5.41, 5.74) is 5.65. The van der Waals surface area contributed by atoms with Crippen molar-refractivity contribution < 1.29 is 9.59 Å². The van der Waals surface area contributed by atoms with Crippen LogP contribution in [0.4, 0.5) is 0 Å². The van der Waals surface area contributed by atoms with Crippen molar-refractivity contribution in [3.63, 3.8) is 0 Å². The number of hydrogen-bond donors (Lipinski definition) is 2. The van der Waals surface area contributed by atoms with E-state index in [1.54, 1.807) is 0 Å². The molecule has 3 N–H and O–H groups in total. The van der Waals surface area contributed by atoms with Crippen LogP contribution in [0.25, 0.3) is 0 Å². The van der Waals surface area contributed by atoms with E-state index in [1.165, 1.54) is 4.90 Å². The van der Waals surface area contributed by atoms with Crippen LogP contribution in [0.2, 0.25) is 0 Å². The molecule has 2 rings (SSSR count). The van der Waals surface area contributed by atoms with Crippen LogP contribution in [-0.2, 0) is 9.59 Å². The zero-order valence-electron chi connectivity index (χ0n) is 10.2. The molecule has 1 heterocycles. The summed E-state index contributed by atoms with van der Waals surface area (Å²) in [4.78, 5) is 28.3. The van der Waals surface area contributed by atoms with Gasteiger partial charge >= 0.3 is 0 Å². The molecule has 1 aliphatic heterocycles. The summed E-state index contributed by atoms with van der Waals surface area (Å²) in [7, 11) is 0. The van der Waals surface area contributed by atoms with Crippen LogP contribution in [0.5, 0.6) is 0 Å². The third-order valence-corrected chi connectivity index (χ3v) is 2.92. The Bertz CT molecular complexity index is 339. The number of likely N-dealkylation sites (tertiary alicyclic amines) is 1. The van der Waals surface area contributed by atoms with E-state index in [2.05, 4.69) is 10.3 Å². The molecule has 2 aliphatic rings. The third kappa shape index (κ3) is 4.43. The molecule has 0 spiro atoms. The van der Waals surface area contributed by atoms with E-state index in [-0.39, 0.29) is 35.8 Å². The molecule has 0 atom stereocenters. The Labute approximate surface area is 123 Å². The second kappa shape index (κ2) is 6.91. The maximum absolute atomic E-state index is 11.5. The van der Waals surface area contributed by atoms with Crippen molar-refractivity contribution in [3.8, 4) is 0 Å². The minimum atomic E-state index is -0.0924. The lowest BCUT2D eigenvalue weighted by atomic mass is 10.1. The number of rotatable bonds is 4. The summed E-state index contributed by atoms with van der Waals surface area (Å²) >= 11 is 0. The Balaban J connectivity index is 0.00000162. The molecule has 0 bridgehead atoms. The topological polar surface area (TPSA) is 87.8 Å². The number of amides is 2. The Morgan fingerprint density at radius 2 is 1.94 bits per heavy atom. The fourth-order valence-corrected chi connectivity index (χ4v) is 1.80. The fraction of sp³-hybridized carbons (Fsp3) is 0.727. The number of nitrogens with one attached hydrogen (secondary N) is 1. The van der Waals surface area contributed by atoms with E-state index in [1.807, 2.05) is 0 Å². The Kier molecular flexibility index (Phi) is 5.83. The van der Waals surface area contributed by atoms with E-state index in [0.717, 1.165) is 12.8 Å². The number of carbonyl (C=O) groups excluding carboxylic acids is 2. The number of halogens is 1. The first-order valence-electron chi connectivity index (χ1n) is 6.06. The number of carbonyl (C=O) groups is 2. The van der Waals surface area contributed by atoms with Gasteiger partial charge in [-0.1, -0.05) is 0 Å². The number of hydrogen-bond acceptors (Lipinski definition) is 3. The molecule has 0 aromatic rings. The normalized spacial score (nSPS) is 20.7. The van der Waals surface area contributed by atoms with Gasteiger partial charge in [0.2, 0.25) is 11.8 Å². The van der Waals surface area contributed by atoms with Gasteiger partial charge in [0.05, 0.1) is 6.54 Å². The van der Waals surface area contributed by atoms with Gasteiger partial charge in [-0.15, -0.1) is 24.0 Å². The minimum Gasteiger partial charge on any atom is -0.370 e. The Morgan fingerprint density at radius 3 is 2.50 bits per heavy atom. The first kappa shape index (κ1) is 15.2. The maximum atomic E-state index is 11.5. The lowest BCUT2D eigenvalue weighted by Gasteiger charge is -2.23. The summed E-state index contributed by atoms with van der Waals surface area (Å²) in [5, 5.41) is 3.05. The molecule has 0 aromatic carbocycles. The third-order valence-electron chi connectivity index (χ3n) is 2.92. The molecule has 6 nitrogen and oxygen atoms in total. The highest BCUT2D eigenvalue weighted by atomic mass is 127. The van der Waals surface area contributed by atoms with E-state index in [9.17, 15) is 9.59 Å². The fourth-order valence-electron chi connectivity index (χ4n) is 1.80. The van der Waals surface area contributed by atoms with E-state index >= 15 is 0 Å². The highest BCUT2D eigenvalue weighted by molar-refractivity contribution is 14.0. The van der Waals surface area contributed by atoms with Gasteiger partial charge in [0, 0.05) is 25.4 Å². The minimum absolute atomic E-state index is 0. The van der Waals surface area contributed by atoms with Crippen molar-refractivity contribution in [2.24, 2.45) is 10.7 Å². The largest absolute Gasteiger partial charge is 0.370 e. The standard InChI is InChI=1S/C11H18N4O2.HI/c12-11(14-8-4-5-8)13-6-7-15-9(16)2-1-3-10(15)17;/h8H,1-7H2,(H3,12,13,14);1H. The Morgan fingerprint density at radius 1 is 1.33 bits per heavy atom. The zero-order valence-corrected chi connectivity index (χ0v) is 12.6. The summed E-state index contributed by atoms with van der Waals surface area (Å²) in [6.07, 6.45) is 3.87. The molecule has 2 amide bonds. The second-order valence-electron chi connectivity index (χ2n) is 4.48. The molecular weight excluding hydrogens is 347 g/mol. The van der Waals surface area contributed by atoms with Crippen molar-refractivity contribution >= 4 is 41.8 Å². The van der Waals surface area contributed by atoms with Crippen LogP contribution in [0, 0.1) is 0 Å². The molecule has 0 aromatic heterocycles. The molecule has 102 valence electrons. The predicted octanol–water partition coefficient (Wildman–Crippen LogP) is 0.210. The van der Waals surface area contributed by atoms with Crippen LogP contribution in [-0.4, -0.2) is 41.8 Å².